The predicted molar refractivity (Wildman–Crippen MR) is 125 cm³/mol. The molecule has 1 amide bonds. The zero-order chi connectivity index (χ0) is 23.4. The Morgan fingerprint density at radius 3 is 2.33 bits per heavy atom. The number of rotatable bonds is 7. The number of carbonyl (C=O) groups is 1. The summed E-state index contributed by atoms with van der Waals surface area (Å²) in [7, 11) is -3.78. The largest absolute Gasteiger partial charge is 0.493 e. The molecule has 0 radical (unpaired) electrons. The smallest absolute Gasteiger partial charge is 0.283 e. The SMILES string of the molecule is NS(=O)(=O)c1ccc(NCC(=O)N=Nc2c(O)n(Cc3ccccc3)c3ccccc23)cc1. The Kier molecular flexibility index (Phi) is 6.20. The van der Waals surface area contributed by atoms with Crippen LogP contribution in [0.5, 0.6) is 5.88 Å². The molecule has 3 aromatic carbocycles. The highest BCUT2D eigenvalue weighted by Crippen LogP contribution is 2.39. The first-order valence-corrected chi connectivity index (χ1v) is 11.5. The average Bonchev–Trinajstić information content (AvgIpc) is 3.07. The highest BCUT2D eigenvalue weighted by Gasteiger charge is 2.17. The van der Waals surface area contributed by atoms with Crippen LogP contribution in [0, 0.1) is 0 Å². The Hall–Kier alpha value is -4.02. The molecule has 9 nitrogen and oxygen atoms in total. The van der Waals surface area contributed by atoms with Gasteiger partial charge < -0.3 is 15.0 Å². The zero-order valence-corrected chi connectivity index (χ0v) is 18.2. The molecule has 0 spiro atoms. The first-order valence-electron chi connectivity index (χ1n) is 9.98. The summed E-state index contributed by atoms with van der Waals surface area (Å²) in [6.07, 6.45) is 0. The Balaban J connectivity index is 1.50. The van der Waals surface area contributed by atoms with Crippen LogP contribution in [0.15, 0.2) is 94.0 Å². The van der Waals surface area contributed by atoms with Gasteiger partial charge in [0.1, 0.15) is 0 Å². The van der Waals surface area contributed by atoms with E-state index in [2.05, 4.69) is 15.5 Å². The number of sulfonamides is 1. The number of nitrogens with two attached hydrogens (primary N) is 1. The molecule has 168 valence electrons. The van der Waals surface area contributed by atoms with Gasteiger partial charge in [-0.05, 0) is 35.9 Å². The van der Waals surface area contributed by atoms with E-state index in [0.717, 1.165) is 11.1 Å². The summed E-state index contributed by atoms with van der Waals surface area (Å²) in [4.78, 5) is 12.2. The fourth-order valence-electron chi connectivity index (χ4n) is 3.38. The molecule has 1 heterocycles. The molecule has 4 aromatic rings. The van der Waals surface area contributed by atoms with Crippen LogP contribution in [0.4, 0.5) is 11.4 Å². The minimum atomic E-state index is -3.78. The van der Waals surface area contributed by atoms with Crippen LogP contribution in [0.2, 0.25) is 0 Å². The molecule has 0 atom stereocenters. The van der Waals surface area contributed by atoms with E-state index in [1.807, 2.05) is 48.5 Å². The Morgan fingerprint density at radius 1 is 0.970 bits per heavy atom. The zero-order valence-electron chi connectivity index (χ0n) is 17.4. The summed E-state index contributed by atoms with van der Waals surface area (Å²) < 4.78 is 24.3. The molecule has 0 bridgehead atoms. The number of amides is 1. The van der Waals surface area contributed by atoms with Gasteiger partial charge in [0.15, 0.2) is 5.69 Å². The fraction of sp³-hybridized carbons (Fsp3) is 0.0870. The summed E-state index contributed by atoms with van der Waals surface area (Å²) >= 11 is 0. The minimum Gasteiger partial charge on any atom is -0.493 e. The van der Waals surface area contributed by atoms with Gasteiger partial charge in [0.05, 0.1) is 23.5 Å². The number of aromatic nitrogens is 1. The van der Waals surface area contributed by atoms with Crippen LogP contribution < -0.4 is 10.5 Å². The Morgan fingerprint density at radius 2 is 1.64 bits per heavy atom. The number of anilines is 1. The summed E-state index contributed by atoms with van der Waals surface area (Å²) in [6.45, 7) is 0.272. The molecule has 4 N–H and O–H groups in total. The standard InChI is InChI=1S/C23H21N5O4S/c24-33(31,32)18-12-10-17(11-13-18)25-14-21(29)26-27-22-19-8-4-5-9-20(19)28(23(22)30)15-16-6-2-1-3-7-16/h1-13,25,30H,14-15H2,(H2,24,31,32). The van der Waals surface area contributed by atoms with Crippen molar-refractivity contribution >= 4 is 38.2 Å². The van der Waals surface area contributed by atoms with Gasteiger partial charge in [-0.15, -0.1) is 10.2 Å². The van der Waals surface area contributed by atoms with Gasteiger partial charge in [-0.2, -0.15) is 0 Å². The summed E-state index contributed by atoms with van der Waals surface area (Å²) in [5, 5.41) is 27.2. The predicted octanol–water partition coefficient (Wildman–Crippen LogP) is 3.77. The number of carbonyl (C=O) groups excluding carboxylic acids is 1. The maximum Gasteiger partial charge on any atom is 0.283 e. The molecule has 0 saturated heterocycles. The molecule has 0 aliphatic carbocycles. The number of azo groups is 1. The van der Waals surface area contributed by atoms with Crippen LogP contribution in [0.25, 0.3) is 10.9 Å². The average molecular weight is 464 g/mol. The second-order valence-electron chi connectivity index (χ2n) is 7.28. The molecular weight excluding hydrogens is 442 g/mol. The van der Waals surface area contributed by atoms with Crippen LogP contribution in [-0.2, 0) is 21.4 Å². The lowest BCUT2D eigenvalue weighted by molar-refractivity contribution is -0.116. The van der Waals surface area contributed by atoms with Gasteiger partial charge in [0, 0.05) is 11.1 Å². The second-order valence-corrected chi connectivity index (χ2v) is 8.84. The van der Waals surface area contributed by atoms with Crippen molar-refractivity contribution < 1.29 is 18.3 Å². The number of nitrogens with zero attached hydrogens (tertiary/aromatic N) is 3. The van der Waals surface area contributed by atoms with Crippen LogP contribution in [0.3, 0.4) is 0 Å². The lowest BCUT2D eigenvalue weighted by atomic mass is 10.2. The van der Waals surface area contributed by atoms with Crippen molar-refractivity contribution in [3.05, 3.63) is 84.4 Å². The van der Waals surface area contributed by atoms with Gasteiger partial charge in [-0.1, -0.05) is 48.5 Å². The normalized spacial score (nSPS) is 11.8. The number of benzene rings is 3. The molecule has 0 aliphatic heterocycles. The van der Waals surface area contributed by atoms with Crippen LogP contribution >= 0.6 is 0 Å². The van der Waals surface area contributed by atoms with E-state index < -0.39 is 15.9 Å². The number of para-hydroxylation sites is 1. The van der Waals surface area contributed by atoms with Gasteiger partial charge in [-0.25, -0.2) is 13.6 Å². The van der Waals surface area contributed by atoms with E-state index in [9.17, 15) is 18.3 Å². The molecule has 10 heteroatoms. The topological polar surface area (TPSA) is 139 Å². The molecule has 4 rings (SSSR count). The van der Waals surface area contributed by atoms with Crippen LogP contribution in [-0.4, -0.2) is 30.5 Å². The Labute approximate surface area is 190 Å². The third-order valence-electron chi connectivity index (χ3n) is 4.99. The van der Waals surface area contributed by atoms with E-state index in [1.54, 1.807) is 10.6 Å². The number of hydrogen-bond acceptors (Lipinski definition) is 6. The molecule has 1 aromatic heterocycles. The molecule has 0 aliphatic rings. The van der Waals surface area contributed by atoms with Gasteiger partial charge in [-0.3, -0.25) is 4.79 Å². The first kappa shape index (κ1) is 22.2. The number of fused-ring (bicyclic) bond motifs is 1. The van der Waals surface area contributed by atoms with E-state index >= 15 is 0 Å². The fourth-order valence-corrected chi connectivity index (χ4v) is 3.89. The number of primary sulfonamides is 1. The number of aromatic hydroxyl groups is 1. The molecule has 0 unspecified atom stereocenters. The maximum atomic E-state index is 12.2. The Bertz CT molecular complexity index is 1430. The van der Waals surface area contributed by atoms with Crippen molar-refractivity contribution in [3.63, 3.8) is 0 Å². The lowest BCUT2D eigenvalue weighted by Gasteiger charge is -2.06. The third kappa shape index (κ3) is 5.08. The van der Waals surface area contributed by atoms with Gasteiger partial charge in [0.2, 0.25) is 15.9 Å². The highest BCUT2D eigenvalue weighted by atomic mass is 32.2. The van der Waals surface area contributed by atoms with Crippen molar-refractivity contribution in [2.75, 3.05) is 11.9 Å². The number of nitrogens with one attached hydrogen (secondary N) is 1. The molecule has 0 saturated carbocycles. The lowest BCUT2D eigenvalue weighted by Crippen LogP contribution is -2.13. The summed E-state index contributed by atoms with van der Waals surface area (Å²) in [5.74, 6) is -0.645. The van der Waals surface area contributed by atoms with Crippen LogP contribution in [0.1, 0.15) is 5.56 Å². The maximum absolute atomic E-state index is 12.2. The van der Waals surface area contributed by atoms with Crippen molar-refractivity contribution in [3.8, 4) is 5.88 Å². The summed E-state index contributed by atoms with van der Waals surface area (Å²) in [6, 6.07) is 22.7. The van der Waals surface area contributed by atoms with Crippen molar-refractivity contribution in [2.24, 2.45) is 15.4 Å². The first-order chi connectivity index (χ1) is 15.8. The van der Waals surface area contributed by atoms with E-state index in [4.69, 9.17) is 5.14 Å². The molecule has 33 heavy (non-hydrogen) atoms. The van der Waals surface area contributed by atoms with Gasteiger partial charge in [0.25, 0.3) is 5.91 Å². The minimum absolute atomic E-state index is 0.0265. The van der Waals surface area contributed by atoms with Crippen molar-refractivity contribution in [1.82, 2.24) is 4.57 Å². The van der Waals surface area contributed by atoms with E-state index in [0.29, 0.717) is 17.6 Å². The monoisotopic (exact) mass is 463 g/mol. The van der Waals surface area contributed by atoms with E-state index in [1.165, 1.54) is 24.3 Å². The van der Waals surface area contributed by atoms with E-state index in [-0.39, 0.29) is 23.0 Å². The molecular formula is C23H21N5O4S. The van der Waals surface area contributed by atoms with Crippen molar-refractivity contribution in [2.45, 2.75) is 11.4 Å². The third-order valence-corrected chi connectivity index (χ3v) is 5.92. The van der Waals surface area contributed by atoms with Gasteiger partial charge >= 0.3 is 0 Å². The quantitative estimate of drug-likeness (QED) is 0.358. The molecule has 0 fully saturated rings. The number of hydrogen-bond donors (Lipinski definition) is 3. The highest BCUT2D eigenvalue weighted by molar-refractivity contribution is 7.89. The second kappa shape index (κ2) is 9.23. The summed E-state index contributed by atoms with van der Waals surface area (Å²) in [5.41, 5.74) is 2.51. The van der Waals surface area contributed by atoms with Crippen molar-refractivity contribution in [1.29, 1.82) is 0 Å².